The van der Waals surface area contributed by atoms with Gasteiger partial charge in [-0.2, -0.15) is 26.3 Å². The summed E-state index contributed by atoms with van der Waals surface area (Å²) in [6.07, 6.45) is 6.41. The highest BCUT2D eigenvalue weighted by molar-refractivity contribution is 8.13. The molecule has 1 rings (SSSR count). The second-order valence-corrected chi connectivity index (χ2v) is 8.43. The Morgan fingerprint density at radius 2 is 1.52 bits per heavy atom. The Hall–Kier alpha value is -1.39. The van der Waals surface area contributed by atoms with Gasteiger partial charge in [-0.25, -0.2) is 26.0 Å². The van der Waals surface area contributed by atoms with E-state index in [4.69, 9.17) is 5.11 Å². The Kier molecular flexibility index (Phi) is 8.73. The first-order valence-corrected chi connectivity index (χ1v) is 9.88. The topological polar surface area (TPSA) is 111 Å². The summed E-state index contributed by atoms with van der Waals surface area (Å²) in [5.41, 5.74) is -11.4. The number of sulfonamides is 2. The number of aliphatic hydroxyl groups excluding tert-OH is 1. The molecule has 0 fully saturated rings. The Morgan fingerprint density at radius 1 is 1.07 bits per heavy atom. The zero-order chi connectivity index (χ0) is 21.7. The maximum atomic E-state index is 11.4. The maximum absolute atomic E-state index is 11.4. The van der Waals surface area contributed by atoms with Crippen LogP contribution in [0.25, 0.3) is 4.13 Å². The van der Waals surface area contributed by atoms with Crippen LogP contribution in [0.5, 0.6) is 0 Å². The fourth-order valence-electron chi connectivity index (χ4n) is 1.44. The third-order valence-electron chi connectivity index (χ3n) is 2.80. The predicted molar refractivity (Wildman–Crippen MR) is 79.7 cm³/mol. The normalized spacial score (nSPS) is 13.2. The molecule has 0 aromatic carbocycles. The molecule has 0 amide bonds. The van der Waals surface area contributed by atoms with E-state index in [2.05, 4.69) is 11.5 Å². The number of rotatable bonds is 6. The number of alkyl halides is 6. The number of hydrogen-bond donors (Lipinski definition) is 1. The van der Waals surface area contributed by atoms with Gasteiger partial charge in [-0.15, -0.1) is 0 Å². The maximum Gasteiger partial charge on any atom is 0.480 e. The van der Waals surface area contributed by atoms with Gasteiger partial charge in [-0.05, 0) is 6.42 Å². The van der Waals surface area contributed by atoms with E-state index in [0.29, 0.717) is 0 Å². The number of nitrogens with zero attached hydrogens (tertiary/aromatic N) is 3. The van der Waals surface area contributed by atoms with E-state index in [0.717, 1.165) is 16.4 Å². The minimum absolute atomic E-state index is 0.121. The summed E-state index contributed by atoms with van der Waals surface area (Å²) in [7, 11) is -11.5. The molecule has 0 aliphatic rings. The van der Waals surface area contributed by atoms with Crippen LogP contribution in [0, 0.1) is 0 Å². The summed E-state index contributed by atoms with van der Waals surface area (Å²) in [5.74, 6) is 0. The third kappa shape index (κ3) is 7.63. The molecule has 0 saturated carbocycles. The Bertz CT molecular complexity index is 773. The monoisotopic (exact) mass is 449 g/mol. The van der Waals surface area contributed by atoms with Gasteiger partial charge in [0.1, 0.15) is 12.8 Å². The molecule has 160 valence electrons. The smallest absolute Gasteiger partial charge is 0.421 e. The fourth-order valence-corrected chi connectivity index (χ4v) is 3.15. The minimum atomic E-state index is -6.72. The van der Waals surface area contributed by atoms with Crippen LogP contribution in [-0.4, -0.2) is 37.5 Å². The molecule has 1 aromatic heterocycles. The molecular weight excluding hydrogens is 432 g/mol. The second kappa shape index (κ2) is 9.20. The lowest BCUT2D eigenvalue weighted by Gasteiger charge is -2.22. The van der Waals surface area contributed by atoms with Crippen LogP contribution in [0.3, 0.4) is 0 Å². The van der Waals surface area contributed by atoms with Crippen molar-refractivity contribution in [3.63, 3.8) is 0 Å². The molecule has 1 aromatic rings. The van der Waals surface area contributed by atoms with E-state index in [-0.39, 0.29) is 6.61 Å². The number of imidazole rings is 1. The number of aryl methyl sites for hydroxylation is 2. The molecular formula is C11H17F6N3O5S2. The van der Waals surface area contributed by atoms with Crippen LogP contribution in [0.1, 0.15) is 25.5 Å². The van der Waals surface area contributed by atoms with E-state index in [1.807, 2.05) is 24.1 Å². The van der Waals surface area contributed by atoms with E-state index >= 15 is 0 Å². The predicted octanol–water partition coefficient (Wildman–Crippen LogP) is 1.66. The van der Waals surface area contributed by atoms with Gasteiger partial charge in [-0.3, -0.25) is 0 Å². The van der Waals surface area contributed by atoms with Crippen molar-refractivity contribution in [2.45, 2.75) is 43.9 Å². The van der Waals surface area contributed by atoms with Gasteiger partial charge in [0.05, 0.1) is 13.6 Å². The summed E-state index contributed by atoms with van der Waals surface area (Å²) in [6, 6.07) is 0. The SMILES string of the molecule is CCCC[n+]1cc(CO)n(C)c1.O=S(=O)([N-]S(=O)(=O)C(F)(F)F)C(F)(F)F. The molecule has 0 saturated heterocycles. The van der Waals surface area contributed by atoms with Crippen molar-refractivity contribution in [3.8, 4) is 0 Å². The number of aliphatic hydroxyl groups is 1. The molecule has 16 heteroatoms. The van der Waals surface area contributed by atoms with Crippen molar-refractivity contribution >= 4 is 20.0 Å². The standard InChI is InChI=1S/C9H17N2O.C2F6NO4S2/c1-3-4-5-11-6-9(7-12)10(2)8-11;3-1(4,5)14(10,11)9-15(12,13)2(6,7)8/h6,8,12H,3-5,7H2,1-2H3;/q+1;-1. The summed E-state index contributed by atoms with van der Waals surface area (Å²) in [5, 5.41) is 8.92. The average molecular weight is 449 g/mol. The molecule has 0 bridgehead atoms. The Morgan fingerprint density at radius 3 is 1.81 bits per heavy atom. The number of aromatic nitrogens is 2. The molecule has 0 radical (unpaired) electrons. The average Bonchev–Trinajstić information content (AvgIpc) is 2.82. The van der Waals surface area contributed by atoms with Crippen molar-refractivity contribution in [1.82, 2.24) is 4.57 Å². The van der Waals surface area contributed by atoms with E-state index < -0.39 is 31.1 Å². The summed E-state index contributed by atoms with van der Waals surface area (Å²) in [6.45, 7) is 3.34. The molecule has 0 spiro atoms. The fraction of sp³-hybridized carbons (Fsp3) is 0.727. The van der Waals surface area contributed by atoms with Crippen molar-refractivity contribution in [1.29, 1.82) is 0 Å². The third-order valence-corrected chi connectivity index (χ3v) is 5.54. The lowest BCUT2D eigenvalue weighted by Crippen LogP contribution is -2.30. The highest BCUT2D eigenvalue weighted by atomic mass is 32.3. The molecule has 1 heterocycles. The summed E-state index contributed by atoms with van der Waals surface area (Å²) in [4.78, 5) is 0. The summed E-state index contributed by atoms with van der Waals surface area (Å²) >= 11 is 0. The highest BCUT2D eigenvalue weighted by Gasteiger charge is 2.46. The number of unbranched alkanes of at least 4 members (excludes halogenated alkanes) is 1. The van der Waals surface area contributed by atoms with Crippen molar-refractivity contribution in [2.75, 3.05) is 0 Å². The van der Waals surface area contributed by atoms with Gasteiger partial charge in [0.25, 0.3) is 0 Å². The first-order chi connectivity index (χ1) is 12.0. The molecule has 0 atom stereocenters. The Balaban J connectivity index is 0.000000511. The van der Waals surface area contributed by atoms with Gasteiger partial charge in [0.2, 0.25) is 6.33 Å². The van der Waals surface area contributed by atoms with E-state index in [1.54, 1.807) is 0 Å². The largest absolute Gasteiger partial charge is 0.480 e. The van der Waals surface area contributed by atoms with Gasteiger partial charge in [0, 0.05) is 0 Å². The second-order valence-electron chi connectivity index (χ2n) is 5.01. The van der Waals surface area contributed by atoms with Crippen LogP contribution in [-0.2, 0) is 40.2 Å². The van der Waals surface area contributed by atoms with Crippen molar-refractivity contribution < 1.29 is 52.9 Å². The van der Waals surface area contributed by atoms with Crippen LogP contribution in [0.15, 0.2) is 12.5 Å². The first kappa shape index (κ1) is 25.6. The minimum Gasteiger partial charge on any atom is -0.421 e. The van der Waals surface area contributed by atoms with Gasteiger partial charge in [0.15, 0.2) is 25.7 Å². The Labute approximate surface area is 151 Å². The van der Waals surface area contributed by atoms with Crippen molar-refractivity contribution in [3.05, 3.63) is 22.3 Å². The quantitative estimate of drug-likeness (QED) is 0.525. The molecule has 8 nitrogen and oxygen atoms in total. The summed E-state index contributed by atoms with van der Waals surface area (Å²) < 4.78 is 113. The zero-order valence-electron chi connectivity index (χ0n) is 14.0. The van der Waals surface area contributed by atoms with Crippen molar-refractivity contribution in [2.24, 2.45) is 7.05 Å². The van der Waals surface area contributed by atoms with E-state index in [9.17, 15) is 43.2 Å². The highest BCUT2D eigenvalue weighted by Crippen LogP contribution is 2.36. The van der Waals surface area contributed by atoms with Crippen LogP contribution >= 0.6 is 0 Å². The van der Waals surface area contributed by atoms with E-state index in [1.165, 1.54) is 12.8 Å². The van der Waals surface area contributed by atoms with Gasteiger partial charge in [-0.1, -0.05) is 13.3 Å². The lowest BCUT2D eigenvalue weighted by atomic mass is 10.3. The molecule has 27 heavy (non-hydrogen) atoms. The number of halogens is 6. The zero-order valence-corrected chi connectivity index (χ0v) is 15.6. The van der Waals surface area contributed by atoms with Crippen LogP contribution in [0.2, 0.25) is 0 Å². The first-order valence-electron chi connectivity index (χ1n) is 7.00. The molecule has 1 N–H and O–H groups in total. The number of hydrogen-bond acceptors (Lipinski definition) is 5. The molecule has 0 aliphatic heterocycles. The van der Waals surface area contributed by atoms with Crippen LogP contribution < -0.4 is 4.57 Å². The molecule has 0 unspecified atom stereocenters. The van der Waals surface area contributed by atoms with Gasteiger partial charge < -0.3 is 9.23 Å². The van der Waals surface area contributed by atoms with Gasteiger partial charge >= 0.3 is 11.0 Å². The lowest BCUT2D eigenvalue weighted by molar-refractivity contribution is -0.697. The van der Waals surface area contributed by atoms with Crippen LogP contribution in [0.4, 0.5) is 26.3 Å². The molecule has 0 aliphatic carbocycles.